The molecule has 5 heteroatoms. The fraction of sp³-hybridized carbons (Fsp3) is 0.286. The number of hydrogen-bond donors (Lipinski definition) is 1. The molecule has 1 aliphatic rings. The van der Waals surface area contributed by atoms with Crippen LogP contribution >= 0.6 is 0 Å². The van der Waals surface area contributed by atoms with Crippen LogP contribution in [0.1, 0.15) is 35.7 Å². The van der Waals surface area contributed by atoms with E-state index in [0.29, 0.717) is 17.3 Å². The lowest BCUT2D eigenvalue weighted by molar-refractivity contribution is 0.0778. The lowest BCUT2D eigenvalue weighted by atomic mass is 9.78. The van der Waals surface area contributed by atoms with E-state index in [0.717, 1.165) is 18.7 Å². The van der Waals surface area contributed by atoms with Crippen molar-refractivity contribution in [3.63, 3.8) is 0 Å². The third kappa shape index (κ3) is 3.01. The molecule has 1 amide bonds. The number of aromatic amines is 1. The fourth-order valence-corrected chi connectivity index (χ4v) is 3.83. The average Bonchev–Trinajstić information content (AvgIpc) is 3.29. The number of benzene rings is 2. The highest BCUT2D eigenvalue weighted by Gasteiger charge is 2.42. The number of carbonyl (C=O) groups excluding carboxylic acids is 1. The number of hydrogen-bond acceptors (Lipinski definition) is 3. The van der Waals surface area contributed by atoms with Gasteiger partial charge in [0.15, 0.2) is 5.82 Å². The van der Waals surface area contributed by atoms with E-state index in [1.54, 1.807) is 0 Å². The normalized spacial score (nSPS) is 18.8. The van der Waals surface area contributed by atoms with Crippen molar-refractivity contribution in [2.45, 2.75) is 19.8 Å². The predicted molar refractivity (Wildman–Crippen MR) is 101 cm³/mol. The largest absolute Gasteiger partial charge is 0.337 e. The van der Waals surface area contributed by atoms with Crippen LogP contribution in [-0.2, 0) is 0 Å². The predicted octanol–water partition coefficient (Wildman–Crippen LogP) is 3.74. The van der Waals surface area contributed by atoms with Crippen LogP contribution in [0.2, 0.25) is 0 Å². The molecule has 132 valence electrons. The van der Waals surface area contributed by atoms with Gasteiger partial charge in [0.05, 0.1) is 0 Å². The minimum Gasteiger partial charge on any atom is -0.337 e. The average molecular weight is 346 g/mol. The molecule has 2 aromatic carbocycles. The molecule has 1 N–H and O–H groups in total. The molecule has 1 atom stereocenters. The van der Waals surface area contributed by atoms with Crippen molar-refractivity contribution < 1.29 is 4.79 Å². The van der Waals surface area contributed by atoms with Gasteiger partial charge in [-0.1, -0.05) is 56.3 Å². The first-order chi connectivity index (χ1) is 12.5. The highest BCUT2D eigenvalue weighted by molar-refractivity contribution is 5.95. The number of nitrogens with zero attached hydrogens (tertiary/aromatic N) is 3. The Bertz CT molecular complexity index is 886. The van der Waals surface area contributed by atoms with Crippen LogP contribution < -0.4 is 0 Å². The molecule has 5 nitrogen and oxygen atoms in total. The first kappa shape index (κ1) is 16.5. The Morgan fingerprint density at radius 3 is 2.50 bits per heavy atom. The van der Waals surface area contributed by atoms with E-state index in [9.17, 15) is 4.79 Å². The summed E-state index contributed by atoms with van der Waals surface area (Å²) in [5, 5.41) is 6.70. The van der Waals surface area contributed by atoms with Gasteiger partial charge in [0.1, 0.15) is 6.33 Å². The topological polar surface area (TPSA) is 61.9 Å². The maximum absolute atomic E-state index is 13.0. The second kappa shape index (κ2) is 6.41. The van der Waals surface area contributed by atoms with Crippen LogP contribution in [0.15, 0.2) is 60.9 Å². The van der Waals surface area contributed by atoms with E-state index >= 15 is 0 Å². The molecular weight excluding hydrogens is 324 g/mol. The zero-order valence-electron chi connectivity index (χ0n) is 15.0. The minimum atomic E-state index is 0.0524. The van der Waals surface area contributed by atoms with Crippen molar-refractivity contribution in [1.82, 2.24) is 20.1 Å². The second-order valence-corrected chi connectivity index (χ2v) is 7.55. The lowest BCUT2D eigenvalue weighted by Crippen LogP contribution is -2.30. The molecule has 4 rings (SSSR count). The van der Waals surface area contributed by atoms with Crippen molar-refractivity contribution in [3.05, 3.63) is 72.1 Å². The van der Waals surface area contributed by atoms with E-state index in [1.807, 2.05) is 35.2 Å². The Morgan fingerprint density at radius 2 is 1.85 bits per heavy atom. The number of aromatic nitrogens is 3. The molecule has 0 saturated carbocycles. The number of nitrogens with one attached hydrogen (secondary N) is 1. The number of amides is 1. The van der Waals surface area contributed by atoms with Gasteiger partial charge in [-0.15, -0.1) is 0 Å². The second-order valence-electron chi connectivity index (χ2n) is 7.55. The smallest absolute Gasteiger partial charge is 0.253 e. The third-order valence-corrected chi connectivity index (χ3v) is 5.25. The van der Waals surface area contributed by atoms with Crippen molar-refractivity contribution in [2.75, 3.05) is 13.1 Å². The van der Waals surface area contributed by atoms with Gasteiger partial charge < -0.3 is 4.90 Å². The van der Waals surface area contributed by atoms with Gasteiger partial charge in [0.2, 0.25) is 0 Å². The molecule has 1 aromatic heterocycles. The molecule has 0 spiro atoms. The Morgan fingerprint density at radius 1 is 1.12 bits per heavy atom. The molecule has 0 aliphatic carbocycles. The summed E-state index contributed by atoms with van der Waals surface area (Å²) in [5.41, 5.74) is 2.98. The van der Waals surface area contributed by atoms with Crippen molar-refractivity contribution >= 4 is 5.91 Å². The van der Waals surface area contributed by atoms with Gasteiger partial charge in [-0.25, -0.2) is 4.98 Å². The molecular formula is C21H22N4O. The number of carbonyl (C=O) groups is 1. The summed E-state index contributed by atoms with van der Waals surface area (Å²) in [7, 11) is 0. The van der Waals surface area contributed by atoms with Gasteiger partial charge in [-0.2, -0.15) is 5.10 Å². The quantitative estimate of drug-likeness (QED) is 0.786. The van der Waals surface area contributed by atoms with Gasteiger partial charge >= 0.3 is 0 Å². The Kier molecular flexibility index (Phi) is 4.07. The zero-order valence-corrected chi connectivity index (χ0v) is 15.0. The van der Waals surface area contributed by atoms with Crippen molar-refractivity contribution in [2.24, 2.45) is 5.41 Å². The summed E-state index contributed by atoms with van der Waals surface area (Å²) >= 11 is 0. The van der Waals surface area contributed by atoms with E-state index in [-0.39, 0.29) is 11.3 Å². The molecule has 0 bridgehead atoms. The summed E-state index contributed by atoms with van der Waals surface area (Å²) in [6.45, 7) is 5.99. The summed E-state index contributed by atoms with van der Waals surface area (Å²) in [6.07, 6.45) is 1.48. The van der Waals surface area contributed by atoms with Gasteiger partial charge in [-0.3, -0.25) is 9.89 Å². The molecule has 1 fully saturated rings. The summed E-state index contributed by atoms with van der Waals surface area (Å²) in [4.78, 5) is 19.1. The van der Waals surface area contributed by atoms with Crippen molar-refractivity contribution in [3.8, 4) is 11.4 Å². The molecule has 1 unspecified atom stereocenters. The van der Waals surface area contributed by atoms with E-state index in [1.165, 1.54) is 11.9 Å². The van der Waals surface area contributed by atoms with Crippen LogP contribution in [0.5, 0.6) is 0 Å². The molecule has 26 heavy (non-hydrogen) atoms. The zero-order chi connectivity index (χ0) is 18.1. The first-order valence-electron chi connectivity index (χ1n) is 8.85. The summed E-state index contributed by atoms with van der Waals surface area (Å²) < 4.78 is 0. The maximum atomic E-state index is 13.0. The highest BCUT2D eigenvalue weighted by atomic mass is 16.2. The van der Waals surface area contributed by atoms with E-state index < -0.39 is 0 Å². The first-order valence-corrected chi connectivity index (χ1v) is 8.85. The van der Waals surface area contributed by atoms with Crippen LogP contribution in [0.3, 0.4) is 0 Å². The van der Waals surface area contributed by atoms with Crippen LogP contribution in [0.4, 0.5) is 0 Å². The van der Waals surface area contributed by atoms with Crippen LogP contribution in [0, 0.1) is 5.41 Å². The minimum absolute atomic E-state index is 0.0524. The lowest BCUT2D eigenvalue weighted by Gasteiger charge is -2.25. The van der Waals surface area contributed by atoms with Crippen molar-refractivity contribution in [1.29, 1.82) is 0 Å². The van der Waals surface area contributed by atoms with Crippen LogP contribution in [0.25, 0.3) is 11.4 Å². The maximum Gasteiger partial charge on any atom is 0.253 e. The number of H-pyrrole nitrogens is 1. The SMILES string of the molecule is CC1(C)CN(C(=O)c2ccc(-c3ncn[nH]3)cc2)CC1c1ccccc1. The Balaban J connectivity index is 1.54. The Hall–Kier alpha value is -2.95. The van der Waals surface area contributed by atoms with E-state index in [4.69, 9.17) is 0 Å². The van der Waals surface area contributed by atoms with Crippen LogP contribution in [-0.4, -0.2) is 39.1 Å². The molecule has 0 radical (unpaired) electrons. The summed E-state index contributed by atoms with van der Waals surface area (Å²) in [6, 6.07) is 18.0. The molecule has 1 saturated heterocycles. The standard InChI is InChI=1S/C21H22N4O/c1-21(2)13-25(12-18(21)15-6-4-3-5-7-15)20(26)17-10-8-16(9-11-17)19-22-14-23-24-19/h3-11,14,18H,12-13H2,1-2H3,(H,22,23,24). The number of likely N-dealkylation sites (tertiary alicyclic amines) is 1. The molecule has 2 heterocycles. The van der Waals surface area contributed by atoms with Gasteiger partial charge in [-0.05, 0) is 23.1 Å². The van der Waals surface area contributed by atoms with Gasteiger partial charge in [0.25, 0.3) is 5.91 Å². The van der Waals surface area contributed by atoms with E-state index in [2.05, 4.69) is 53.3 Å². The van der Waals surface area contributed by atoms with Gasteiger partial charge in [0, 0.05) is 30.1 Å². The summed E-state index contributed by atoms with van der Waals surface area (Å²) in [5.74, 6) is 1.14. The number of rotatable bonds is 3. The Labute approximate surface area is 153 Å². The molecule has 3 aromatic rings. The third-order valence-electron chi connectivity index (χ3n) is 5.25. The fourth-order valence-electron chi connectivity index (χ4n) is 3.83. The highest BCUT2D eigenvalue weighted by Crippen LogP contribution is 2.42. The monoisotopic (exact) mass is 346 g/mol. The molecule has 1 aliphatic heterocycles.